The second kappa shape index (κ2) is 6.45. The number of hydrogen-bond donors (Lipinski definition) is 1. The summed E-state index contributed by atoms with van der Waals surface area (Å²) in [4.78, 5) is 4.63. The molecule has 126 valence electrons. The van der Waals surface area contributed by atoms with Gasteiger partial charge in [0.1, 0.15) is 11.8 Å². The highest BCUT2D eigenvalue weighted by molar-refractivity contribution is 7.98. The van der Waals surface area contributed by atoms with Gasteiger partial charge in [-0.2, -0.15) is 0 Å². The summed E-state index contributed by atoms with van der Waals surface area (Å²) in [5.41, 5.74) is 3.11. The van der Waals surface area contributed by atoms with E-state index in [2.05, 4.69) is 38.8 Å². The first-order valence-electron chi connectivity index (χ1n) is 8.11. The molecular weight excluding hydrogens is 324 g/mol. The van der Waals surface area contributed by atoms with Gasteiger partial charge in [-0.3, -0.25) is 0 Å². The van der Waals surface area contributed by atoms with Gasteiger partial charge in [0.2, 0.25) is 5.16 Å². The van der Waals surface area contributed by atoms with Crippen LogP contribution in [0.3, 0.4) is 0 Å². The Morgan fingerprint density at radius 2 is 2.25 bits per heavy atom. The van der Waals surface area contributed by atoms with E-state index in [1.807, 2.05) is 12.1 Å². The van der Waals surface area contributed by atoms with Crippen LogP contribution in [0.15, 0.2) is 29.6 Å². The molecule has 7 nitrogen and oxygen atoms in total. The molecule has 0 saturated carbocycles. The zero-order valence-electron chi connectivity index (χ0n) is 13.6. The SMILES string of the molecule is Cc1cccc2nc(CSc3nnc([C@H]4CCCCO4)n3N)cn12. The van der Waals surface area contributed by atoms with Crippen molar-refractivity contribution < 1.29 is 4.74 Å². The molecule has 0 amide bonds. The number of ether oxygens (including phenoxy) is 1. The molecule has 1 saturated heterocycles. The van der Waals surface area contributed by atoms with Crippen LogP contribution in [0.1, 0.15) is 42.6 Å². The third-order valence-electron chi connectivity index (χ3n) is 4.25. The quantitative estimate of drug-likeness (QED) is 0.578. The van der Waals surface area contributed by atoms with Crippen LogP contribution >= 0.6 is 11.8 Å². The predicted octanol–water partition coefficient (Wildman–Crippen LogP) is 2.48. The molecule has 1 aliphatic rings. The van der Waals surface area contributed by atoms with E-state index in [1.165, 1.54) is 11.8 Å². The molecule has 1 fully saturated rings. The number of pyridine rings is 1. The van der Waals surface area contributed by atoms with E-state index in [-0.39, 0.29) is 6.10 Å². The van der Waals surface area contributed by atoms with Gasteiger partial charge in [0.15, 0.2) is 5.82 Å². The van der Waals surface area contributed by atoms with Crippen LogP contribution in [0.4, 0.5) is 0 Å². The highest BCUT2D eigenvalue weighted by atomic mass is 32.2. The molecule has 0 spiro atoms. The first-order valence-corrected chi connectivity index (χ1v) is 9.09. The summed E-state index contributed by atoms with van der Waals surface area (Å²) in [5, 5.41) is 9.13. The topological polar surface area (TPSA) is 83.3 Å². The van der Waals surface area contributed by atoms with E-state index in [1.54, 1.807) is 4.68 Å². The van der Waals surface area contributed by atoms with Crippen molar-refractivity contribution in [3.8, 4) is 0 Å². The predicted molar refractivity (Wildman–Crippen MR) is 92.2 cm³/mol. The highest BCUT2D eigenvalue weighted by Crippen LogP contribution is 2.28. The van der Waals surface area contributed by atoms with E-state index in [9.17, 15) is 0 Å². The van der Waals surface area contributed by atoms with E-state index < -0.39 is 0 Å². The lowest BCUT2D eigenvalue weighted by Crippen LogP contribution is -2.21. The molecule has 0 radical (unpaired) electrons. The monoisotopic (exact) mass is 344 g/mol. The molecule has 8 heteroatoms. The third-order valence-corrected chi connectivity index (χ3v) is 5.23. The van der Waals surface area contributed by atoms with E-state index in [0.29, 0.717) is 16.7 Å². The van der Waals surface area contributed by atoms with Crippen molar-refractivity contribution in [2.75, 3.05) is 12.4 Å². The summed E-state index contributed by atoms with van der Waals surface area (Å²) >= 11 is 1.54. The Hall–Kier alpha value is -2.06. The molecule has 0 aliphatic carbocycles. The van der Waals surface area contributed by atoms with Gasteiger partial charge in [0, 0.05) is 24.3 Å². The molecule has 2 N–H and O–H groups in total. The molecule has 0 aromatic carbocycles. The maximum Gasteiger partial charge on any atom is 0.210 e. The van der Waals surface area contributed by atoms with Crippen molar-refractivity contribution in [1.29, 1.82) is 0 Å². The number of aromatic nitrogens is 5. The summed E-state index contributed by atoms with van der Waals surface area (Å²) < 4.78 is 9.39. The van der Waals surface area contributed by atoms with E-state index >= 15 is 0 Å². The molecule has 4 rings (SSSR count). The minimum absolute atomic E-state index is 0.0385. The Kier molecular flexibility index (Phi) is 4.15. The van der Waals surface area contributed by atoms with Crippen LogP contribution < -0.4 is 5.84 Å². The van der Waals surface area contributed by atoms with Crippen LogP contribution in [0, 0.1) is 6.92 Å². The number of imidazole rings is 1. The fourth-order valence-corrected chi connectivity index (χ4v) is 3.70. The fraction of sp³-hybridized carbons (Fsp3) is 0.438. The van der Waals surface area contributed by atoms with Crippen molar-refractivity contribution in [2.45, 2.75) is 43.2 Å². The molecule has 4 heterocycles. The van der Waals surface area contributed by atoms with E-state index in [4.69, 9.17) is 10.6 Å². The Balaban J connectivity index is 1.49. The number of nitrogens with two attached hydrogens (primary N) is 1. The maximum atomic E-state index is 6.16. The standard InChI is InChI=1S/C16H20N6OS/c1-11-5-4-7-14-18-12(9-21(11)14)10-24-16-20-19-15(22(16)17)13-6-2-3-8-23-13/h4-5,7,9,13H,2-3,6,8,10,17H2,1H3/t13-/m1/s1. The second-order valence-electron chi connectivity index (χ2n) is 5.98. The molecule has 24 heavy (non-hydrogen) atoms. The second-order valence-corrected chi connectivity index (χ2v) is 6.92. The molecule has 0 bridgehead atoms. The first kappa shape index (κ1) is 15.5. The first-order chi connectivity index (χ1) is 11.7. The third kappa shape index (κ3) is 2.87. The Morgan fingerprint density at radius 1 is 1.33 bits per heavy atom. The van der Waals surface area contributed by atoms with Crippen molar-refractivity contribution in [3.05, 3.63) is 41.6 Å². The number of fused-ring (bicyclic) bond motifs is 1. The molecule has 1 aliphatic heterocycles. The lowest BCUT2D eigenvalue weighted by molar-refractivity contribution is 0.00780. The van der Waals surface area contributed by atoms with Gasteiger partial charge in [-0.25, -0.2) is 9.66 Å². The lowest BCUT2D eigenvalue weighted by Gasteiger charge is -2.21. The minimum Gasteiger partial charge on any atom is -0.370 e. The van der Waals surface area contributed by atoms with Crippen molar-refractivity contribution in [1.82, 2.24) is 24.3 Å². The summed E-state index contributed by atoms with van der Waals surface area (Å²) in [6.45, 7) is 2.83. The average Bonchev–Trinajstić information content (AvgIpc) is 3.18. The Morgan fingerprint density at radius 3 is 3.04 bits per heavy atom. The molecule has 3 aromatic heterocycles. The van der Waals surface area contributed by atoms with Gasteiger partial charge in [-0.15, -0.1) is 10.2 Å². The normalized spacial score (nSPS) is 18.3. The molecule has 3 aromatic rings. The summed E-state index contributed by atoms with van der Waals surface area (Å²) in [6.07, 6.45) is 5.21. The number of nitrogens with zero attached hydrogens (tertiary/aromatic N) is 5. The van der Waals surface area contributed by atoms with Gasteiger partial charge in [-0.05, 0) is 38.3 Å². The lowest BCUT2D eigenvalue weighted by atomic mass is 10.1. The number of thioether (sulfide) groups is 1. The minimum atomic E-state index is -0.0385. The number of aryl methyl sites for hydroxylation is 1. The van der Waals surface area contributed by atoms with Crippen LogP contribution in [0.25, 0.3) is 5.65 Å². The highest BCUT2D eigenvalue weighted by Gasteiger charge is 2.23. The smallest absolute Gasteiger partial charge is 0.210 e. The van der Waals surface area contributed by atoms with Crippen LogP contribution in [0.5, 0.6) is 0 Å². The number of hydrogen-bond acceptors (Lipinski definition) is 6. The molecule has 0 unspecified atom stereocenters. The number of rotatable bonds is 4. The maximum absolute atomic E-state index is 6.16. The van der Waals surface area contributed by atoms with Crippen LogP contribution in [-0.4, -0.2) is 30.9 Å². The van der Waals surface area contributed by atoms with Crippen molar-refractivity contribution >= 4 is 17.4 Å². The Labute approximate surface area is 144 Å². The van der Waals surface area contributed by atoms with Gasteiger partial charge in [0.25, 0.3) is 0 Å². The van der Waals surface area contributed by atoms with Crippen LogP contribution in [0.2, 0.25) is 0 Å². The number of nitrogen functional groups attached to an aromatic ring is 1. The molecular formula is C16H20N6OS. The van der Waals surface area contributed by atoms with Gasteiger partial charge < -0.3 is 15.0 Å². The fourth-order valence-electron chi connectivity index (χ4n) is 2.96. The van der Waals surface area contributed by atoms with Gasteiger partial charge in [0.05, 0.1) is 5.69 Å². The largest absolute Gasteiger partial charge is 0.370 e. The Bertz CT molecular complexity index is 851. The summed E-state index contributed by atoms with van der Waals surface area (Å²) in [6, 6.07) is 6.09. The van der Waals surface area contributed by atoms with E-state index in [0.717, 1.165) is 42.9 Å². The summed E-state index contributed by atoms with van der Waals surface area (Å²) in [5.74, 6) is 7.57. The van der Waals surface area contributed by atoms with Gasteiger partial charge in [-0.1, -0.05) is 17.8 Å². The zero-order valence-corrected chi connectivity index (χ0v) is 14.4. The average molecular weight is 344 g/mol. The van der Waals surface area contributed by atoms with Crippen LogP contribution in [-0.2, 0) is 10.5 Å². The van der Waals surface area contributed by atoms with Gasteiger partial charge >= 0.3 is 0 Å². The molecule has 1 atom stereocenters. The zero-order chi connectivity index (χ0) is 16.5. The summed E-state index contributed by atoms with van der Waals surface area (Å²) in [7, 11) is 0. The van der Waals surface area contributed by atoms with Crippen molar-refractivity contribution in [3.63, 3.8) is 0 Å². The van der Waals surface area contributed by atoms with Crippen molar-refractivity contribution in [2.24, 2.45) is 0 Å².